The number of rotatable bonds is 25. The molecule has 0 spiro atoms. The van der Waals surface area contributed by atoms with Gasteiger partial charge in [0.1, 0.15) is 68.1 Å². The second-order valence-electron chi connectivity index (χ2n) is 21.1. The van der Waals surface area contributed by atoms with Gasteiger partial charge in [0.25, 0.3) is 0 Å². The van der Waals surface area contributed by atoms with Crippen LogP contribution in [0.5, 0.6) is 0 Å². The van der Waals surface area contributed by atoms with Crippen LogP contribution in [0.3, 0.4) is 0 Å². The molecule has 0 bridgehead atoms. The Morgan fingerprint density at radius 3 is 1.23 bits per heavy atom. The molecule has 4 aromatic rings. The molecule has 0 amide bonds. The summed E-state index contributed by atoms with van der Waals surface area (Å²) in [5.74, 6) is -5.16. The van der Waals surface area contributed by atoms with Crippen molar-refractivity contribution in [3.8, 4) is 0 Å². The fourth-order valence-electron chi connectivity index (χ4n) is 9.39. The molecule has 450 valence electrons. The number of esters is 6. The van der Waals surface area contributed by atoms with E-state index in [0.29, 0.717) is 0 Å². The second-order valence-corrected chi connectivity index (χ2v) is 21.1. The highest BCUT2D eigenvalue weighted by Crippen LogP contribution is 2.38. The minimum Gasteiger partial charge on any atom is -0.463 e. The molecule has 3 fully saturated rings. The molecule has 3 heterocycles. The summed E-state index contributed by atoms with van der Waals surface area (Å²) >= 11 is 0. The quantitative estimate of drug-likeness (QED) is 0.0609. The monoisotopic (exact) mass is 1160 g/mol. The lowest BCUT2D eigenvalue weighted by molar-refractivity contribution is -0.384. The second kappa shape index (κ2) is 30.7. The van der Waals surface area contributed by atoms with Crippen LogP contribution in [0.15, 0.2) is 121 Å². The summed E-state index contributed by atoms with van der Waals surface area (Å²) in [4.78, 5) is 77.3. The largest absolute Gasteiger partial charge is 0.463 e. The van der Waals surface area contributed by atoms with Gasteiger partial charge in [-0.15, -0.1) is 0 Å². The van der Waals surface area contributed by atoms with E-state index in [-0.39, 0.29) is 33.0 Å². The molecule has 0 aliphatic carbocycles. The Labute approximate surface area is 482 Å². The molecular formula is C61H74O22. The van der Waals surface area contributed by atoms with Crippen molar-refractivity contribution in [1.82, 2.24) is 0 Å². The van der Waals surface area contributed by atoms with Crippen LogP contribution < -0.4 is 0 Å². The average molecular weight is 1160 g/mol. The van der Waals surface area contributed by atoms with Crippen LogP contribution in [-0.2, 0) is 126 Å². The van der Waals surface area contributed by atoms with E-state index in [9.17, 15) is 33.9 Å². The molecule has 3 aliphatic rings. The molecule has 0 saturated carbocycles. The summed E-state index contributed by atoms with van der Waals surface area (Å²) in [5, 5.41) is 12.8. The van der Waals surface area contributed by atoms with Gasteiger partial charge in [0.05, 0.1) is 38.4 Å². The van der Waals surface area contributed by atoms with Crippen molar-refractivity contribution in [3.63, 3.8) is 0 Å². The molecule has 15 atom stereocenters. The topological polar surface area (TPSA) is 261 Å². The van der Waals surface area contributed by atoms with Crippen LogP contribution in [0.4, 0.5) is 0 Å². The predicted molar refractivity (Wildman–Crippen MR) is 288 cm³/mol. The Morgan fingerprint density at radius 2 is 0.771 bits per heavy atom. The number of aliphatic hydroxyl groups is 1. The van der Waals surface area contributed by atoms with E-state index in [1.807, 2.05) is 121 Å². The van der Waals surface area contributed by atoms with Crippen molar-refractivity contribution in [3.05, 3.63) is 144 Å². The maximum atomic E-state index is 13.4. The molecule has 0 radical (unpaired) electrons. The number of carbonyl (C=O) groups is 6. The molecule has 1 N–H and O–H groups in total. The van der Waals surface area contributed by atoms with E-state index in [0.717, 1.165) is 56.9 Å². The highest BCUT2D eigenvalue weighted by molar-refractivity contribution is 5.75. The van der Waals surface area contributed by atoms with Crippen LogP contribution in [0.25, 0.3) is 0 Å². The van der Waals surface area contributed by atoms with E-state index in [4.69, 9.17) is 71.1 Å². The fraction of sp³-hybridized carbons (Fsp3) is 0.508. The van der Waals surface area contributed by atoms with Crippen molar-refractivity contribution >= 4 is 35.8 Å². The zero-order chi connectivity index (χ0) is 59.6. The number of aliphatic hydroxyl groups excluding tert-OH is 1. The van der Waals surface area contributed by atoms with Crippen molar-refractivity contribution < 1.29 is 105 Å². The Balaban J connectivity index is 1.30. The SMILES string of the molecule is CC(=O)OC[C@H]1O[C@@H](O[C@H]2[C@H](OC(C)=O)[C@@H](OC(C)=O)[C@H](OC(=O)C(C)(C)C)O[C@@H]2COC(C)=O)[C@H](OC(C)=O)[C@@H](O)[C@H]1O[C@H]1O[C@H](COCc2ccccc2)[C@H](OCc2ccccc2)[C@H](OCc2ccccc2)[C@H]1OCc1ccccc1. The van der Waals surface area contributed by atoms with E-state index in [2.05, 4.69) is 0 Å². The van der Waals surface area contributed by atoms with E-state index < -0.39 is 147 Å². The lowest BCUT2D eigenvalue weighted by Crippen LogP contribution is -2.68. The van der Waals surface area contributed by atoms with Crippen molar-refractivity contribution in [2.24, 2.45) is 5.41 Å². The number of ether oxygens (including phenoxy) is 15. The average Bonchev–Trinajstić information content (AvgIpc) is 2.70. The Morgan fingerprint density at radius 1 is 0.398 bits per heavy atom. The van der Waals surface area contributed by atoms with Gasteiger partial charge in [-0.05, 0) is 43.0 Å². The molecule has 0 unspecified atom stereocenters. The lowest BCUT2D eigenvalue weighted by atomic mass is 9.95. The summed E-state index contributed by atoms with van der Waals surface area (Å²) in [6.07, 6.45) is -23.0. The zero-order valence-electron chi connectivity index (χ0n) is 47.7. The number of hydrogen-bond acceptors (Lipinski definition) is 22. The van der Waals surface area contributed by atoms with Gasteiger partial charge in [-0.3, -0.25) is 28.8 Å². The van der Waals surface area contributed by atoms with E-state index >= 15 is 0 Å². The van der Waals surface area contributed by atoms with Crippen LogP contribution in [0, 0.1) is 5.41 Å². The zero-order valence-corrected chi connectivity index (χ0v) is 47.7. The summed E-state index contributed by atoms with van der Waals surface area (Å²) in [6.45, 7) is 9.12. The minimum atomic E-state index is -1.96. The van der Waals surface area contributed by atoms with Gasteiger partial charge in [0.2, 0.25) is 12.4 Å². The van der Waals surface area contributed by atoms with Gasteiger partial charge in [-0.25, -0.2) is 0 Å². The van der Waals surface area contributed by atoms with Gasteiger partial charge < -0.3 is 76.2 Å². The Hall–Kier alpha value is -6.70. The minimum absolute atomic E-state index is 0.000839. The first-order valence-electron chi connectivity index (χ1n) is 27.3. The maximum absolute atomic E-state index is 13.4. The third-order valence-corrected chi connectivity index (χ3v) is 13.3. The predicted octanol–water partition coefficient (Wildman–Crippen LogP) is 5.78. The van der Waals surface area contributed by atoms with Crippen LogP contribution >= 0.6 is 0 Å². The summed E-state index contributed by atoms with van der Waals surface area (Å²) < 4.78 is 93.9. The summed E-state index contributed by atoms with van der Waals surface area (Å²) in [5.41, 5.74) is 2.20. The third-order valence-electron chi connectivity index (χ3n) is 13.3. The lowest BCUT2D eigenvalue weighted by Gasteiger charge is -2.50. The van der Waals surface area contributed by atoms with Crippen LogP contribution in [0.2, 0.25) is 0 Å². The van der Waals surface area contributed by atoms with Gasteiger partial charge in [0.15, 0.2) is 24.8 Å². The highest BCUT2D eigenvalue weighted by Gasteiger charge is 2.59. The van der Waals surface area contributed by atoms with E-state index in [1.54, 1.807) is 20.8 Å². The first kappa shape index (κ1) is 63.9. The molecule has 3 aliphatic heterocycles. The normalized spacial score (nSPS) is 28.0. The smallest absolute Gasteiger partial charge is 0.313 e. The van der Waals surface area contributed by atoms with Crippen molar-refractivity contribution in [2.75, 3.05) is 19.8 Å². The molecule has 83 heavy (non-hydrogen) atoms. The Kier molecular flexibility index (Phi) is 23.7. The number of benzene rings is 4. The molecule has 0 aromatic heterocycles. The van der Waals surface area contributed by atoms with Gasteiger partial charge in [0, 0.05) is 34.6 Å². The molecule has 4 aromatic carbocycles. The van der Waals surface area contributed by atoms with Gasteiger partial charge in [-0.1, -0.05) is 121 Å². The number of carbonyl (C=O) groups excluding carboxylic acids is 6. The molecule has 3 saturated heterocycles. The van der Waals surface area contributed by atoms with Gasteiger partial charge >= 0.3 is 35.8 Å². The van der Waals surface area contributed by atoms with Crippen LogP contribution in [-0.4, -0.2) is 153 Å². The highest BCUT2D eigenvalue weighted by atomic mass is 16.8. The number of hydrogen-bond donors (Lipinski definition) is 1. The van der Waals surface area contributed by atoms with E-state index in [1.165, 1.54) is 0 Å². The molecule has 22 nitrogen and oxygen atoms in total. The first-order valence-corrected chi connectivity index (χ1v) is 27.3. The fourth-order valence-corrected chi connectivity index (χ4v) is 9.39. The molecule has 7 rings (SSSR count). The molecular weight excluding hydrogens is 1080 g/mol. The van der Waals surface area contributed by atoms with Gasteiger partial charge in [-0.2, -0.15) is 0 Å². The van der Waals surface area contributed by atoms with Crippen molar-refractivity contribution in [1.29, 1.82) is 0 Å². The molecule has 22 heteroatoms. The summed E-state index contributed by atoms with van der Waals surface area (Å²) in [7, 11) is 0. The first-order chi connectivity index (χ1) is 39.7. The summed E-state index contributed by atoms with van der Waals surface area (Å²) in [6, 6.07) is 37.8. The standard InChI is InChI=1S/C61H74O22/c1-36(62)70-34-46-49(48(67)52(75-38(3)64)57(79-46)82-51-47(35-71-37(2)63)80-59(83-60(68)61(6,7)8)56(77-40(5)66)54(51)76-39(4)65)81-58-55(74-32-44-27-19-12-20-28-44)53(73-31-43-25-17-11-18-26-43)50(72-30-42-23-15-10-16-24-42)45(78-58)33-69-29-41-21-13-9-14-22-41/h9-28,45-59,67H,29-35H2,1-8H3/t45-,46-,47-,48+,49+,50+,51-,52-,53+,54+,55-,56-,57+,58-,59+/m1/s1. The maximum Gasteiger partial charge on any atom is 0.313 e. The Bertz CT molecular complexity index is 2690. The van der Waals surface area contributed by atoms with Crippen molar-refractivity contribution in [2.45, 2.75) is 174 Å². The third kappa shape index (κ3) is 18.9. The van der Waals surface area contributed by atoms with Crippen LogP contribution in [0.1, 0.15) is 77.6 Å².